The van der Waals surface area contributed by atoms with Crippen molar-refractivity contribution >= 4 is 5.91 Å². The van der Waals surface area contributed by atoms with Crippen molar-refractivity contribution in [1.29, 1.82) is 0 Å². The van der Waals surface area contributed by atoms with E-state index in [1.807, 2.05) is 0 Å². The number of nitrogens with one attached hydrogen (secondary N) is 1. The third kappa shape index (κ3) is 5.50. The smallest absolute Gasteiger partial charge is 0.221 e. The summed E-state index contributed by atoms with van der Waals surface area (Å²) in [5, 5.41) is 3.06. The zero-order chi connectivity index (χ0) is 12.7. The van der Waals surface area contributed by atoms with Crippen LogP contribution in [-0.2, 0) is 9.53 Å². The molecule has 1 aliphatic heterocycles. The summed E-state index contributed by atoms with van der Waals surface area (Å²) in [6.07, 6.45) is 4.48. The lowest BCUT2D eigenvalue weighted by Gasteiger charge is -2.28. The van der Waals surface area contributed by atoms with Gasteiger partial charge in [0, 0.05) is 31.7 Å². The van der Waals surface area contributed by atoms with E-state index in [-0.39, 0.29) is 18.0 Å². The molecular formula is C13H26N2O2. The van der Waals surface area contributed by atoms with Gasteiger partial charge in [-0.2, -0.15) is 0 Å². The molecule has 0 aromatic carbocycles. The highest BCUT2D eigenvalue weighted by Crippen LogP contribution is 2.18. The molecule has 0 aromatic heterocycles. The Hall–Kier alpha value is -0.610. The molecule has 0 radical (unpaired) electrons. The fourth-order valence-electron chi connectivity index (χ4n) is 2.36. The van der Waals surface area contributed by atoms with Gasteiger partial charge in [0.2, 0.25) is 5.91 Å². The predicted molar refractivity (Wildman–Crippen MR) is 68.6 cm³/mol. The molecular weight excluding hydrogens is 216 g/mol. The molecule has 0 aliphatic carbocycles. The van der Waals surface area contributed by atoms with E-state index in [2.05, 4.69) is 19.2 Å². The van der Waals surface area contributed by atoms with Crippen molar-refractivity contribution in [2.75, 3.05) is 13.2 Å². The third-order valence-corrected chi connectivity index (χ3v) is 3.47. The largest absolute Gasteiger partial charge is 0.381 e. The Morgan fingerprint density at radius 3 is 2.71 bits per heavy atom. The van der Waals surface area contributed by atoms with Gasteiger partial charge in [0.1, 0.15) is 0 Å². The van der Waals surface area contributed by atoms with E-state index >= 15 is 0 Å². The summed E-state index contributed by atoms with van der Waals surface area (Å²) in [4.78, 5) is 11.8. The average molecular weight is 242 g/mol. The molecule has 100 valence electrons. The number of carbonyl (C=O) groups excluding carboxylic acids is 1. The second kappa shape index (κ2) is 7.67. The molecule has 2 atom stereocenters. The SMILES string of the molecule is CCCC(N)CC(=O)NC(C)C1CCOCC1. The lowest BCUT2D eigenvalue weighted by molar-refractivity contribution is -0.122. The van der Waals surface area contributed by atoms with Crippen LogP contribution in [0.25, 0.3) is 0 Å². The summed E-state index contributed by atoms with van der Waals surface area (Å²) < 4.78 is 5.32. The summed E-state index contributed by atoms with van der Waals surface area (Å²) in [7, 11) is 0. The molecule has 1 saturated heterocycles. The highest BCUT2D eigenvalue weighted by Gasteiger charge is 2.22. The van der Waals surface area contributed by atoms with Crippen molar-refractivity contribution in [3.05, 3.63) is 0 Å². The van der Waals surface area contributed by atoms with Crippen molar-refractivity contribution in [2.45, 2.75) is 58.0 Å². The van der Waals surface area contributed by atoms with Gasteiger partial charge in [-0.15, -0.1) is 0 Å². The van der Waals surface area contributed by atoms with E-state index in [0.29, 0.717) is 12.3 Å². The predicted octanol–water partition coefficient (Wildman–Crippen LogP) is 1.44. The number of amides is 1. The lowest BCUT2D eigenvalue weighted by Crippen LogP contribution is -2.42. The molecule has 1 heterocycles. The normalized spacial score (nSPS) is 20.9. The van der Waals surface area contributed by atoms with Gasteiger partial charge < -0.3 is 15.8 Å². The first-order valence-corrected chi connectivity index (χ1v) is 6.76. The minimum absolute atomic E-state index is 0.00175. The fourth-order valence-corrected chi connectivity index (χ4v) is 2.36. The van der Waals surface area contributed by atoms with Crippen molar-refractivity contribution in [3.8, 4) is 0 Å². The molecule has 1 rings (SSSR count). The van der Waals surface area contributed by atoms with Crippen LogP contribution >= 0.6 is 0 Å². The Kier molecular flexibility index (Phi) is 6.52. The van der Waals surface area contributed by atoms with Crippen LogP contribution in [0, 0.1) is 5.92 Å². The third-order valence-electron chi connectivity index (χ3n) is 3.47. The Morgan fingerprint density at radius 2 is 2.12 bits per heavy atom. The summed E-state index contributed by atoms with van der Waals surface area (Å²) in [5.41, 5.74) is 5.86. The quantitative estimate of drug-likeness (QED) is 0.740. The van der Waals surface area contributed by atoms with E-state index < -0.39 is 0 Å². The van der Waals surface area contributed by atoms with E-state index in [4.69, 9.17) is 10.5 Å². The van der Waals surface area contributed by atoms with Gasteiger partial charge in [-0.3, -0.25) is 4.79 Å². The molecule has 3 N–H and O–H groups in total. The van der Waals surface area contributed by atoms with E-state index in [0.717, 1.165) is 38.9 Å². The molecule has 4 heteroatoms. The first-order chi connectivity index (χ1) is 8.13. The van der Waals surface area contributed by atoms with Gasteiger partial charge in [0.05, 0.1) is 0 Å². The van der Waals surface area contributed by atoms with E-state index in [1.54, 1.807) is 0 Å². The molecule has 1 amide bonds. The zero-order valence-corrected chi connectivity index (χ0v) is 11.1. The molecule has 0 bridgehead atoms. The maximum Gasteiger partial charge on any atom is 0.221 e. The van der Waals surface area contributed by atoms with Crippen LogP contribution in [0.15, 0.2) is 0 Å². The van der Waals surface area contributed by atoms with Crippen molar-refractivity contribution in [3.63, 3.8) is 0 Å². The van der Waals surface area contributed by atoms with Crippen molar-refractivity contribution < 1.29 is 9.53 Å². The number of ether oxygens (including phenoxy) is 1. The van der Waals surface area contributed by atoms with Crippen molar-refractivity contribution in [2.24, 2.45) is 11.7 Å². The van der Waals surface area contributed by atoms with Gasteiger partial charge in [-0.05, 0) is 32.1 Å². The average Bonchev–Trinajstić information content (AvgIpc) is 2.30. The van der Waals surface area contributed by atoms with Crippen molar-refractivity contribution in [1.82, 2.24) is 5.32 Å². The second-order valence-electron chi connectivity index (χ2n) is 5.06. The van der Waals surface area contributed by atoms with Crippen LogP contribution in [0.3, 0.4) is 0 Å². The Morgan fingerprint density at radius 1 is 1.47 bits per heavy atom. The Bertz CT molecular complexity index is 227. The van der Waals surface area contributed by atoms with Gasteiger partial charge >= 0.3 is 0 Å². The van der Waals surface area contributed by atoms with Crippen LogP contribution in [0.1, 0.15) is 46.0 Å². The molecule has 1 aliphatic rings. The molecule has 0 aromatic rings. The number of carbonyl (C=O) groups is 1. The van der Waals surface area contributed by atoms with Gasteiger partial charge in [0.25, 0.3) is 0 Å². The highest BCUT2D eigenvalue weighted by molar-refractivity contribution is 5.76. The first-order valence-electron chi connectivity index (χ1n) is 6.76. The van der Waals surface area contributed by atoms with Gasteiger partial charge in [-0.1, -0.05) is 13.3 Å². The topological polar surface area (TPSA) is 64.4 Å². The summed E-state index contributed by atoms with van der Waals surface area (Å²) >= 11 is 0. The summed E-state index contributed by atoms with van der Waals surface area (Å²) in [5.74, 6) is 0.639. The van der Waals surface area contributed by atoms with Crippen LogP contribution in [0.2, 0.25) is 0 Å². The van der Waals surface area contributed by atoms with E-state index in [9.17, 15) is 4.79 Å². The monoisotopic (exact) mass is 242 g/mol. The van der Waals surface area contributed by atoms with Crippen LogP contribution in [0.4, 0.5) is 0 Å². The van der Waals surface area contributed by atoms with Gasteiger partial charge in [-0.25, -0.2) is 0 Å². The zero-order valence-electron chi connectivity index (χ0n) is 11.1. The molecule has 0 spiro atoms. The number of hydrogen-bond acceptors (Lipinski definition) is 3. The molecule has 1 fully saturated rings. The van der Waals surface area contributed by atoms with E-state index in [1.165, 1.54) is 0 Å². The fraction of sp³-hybridized carbons (Fsp3) is 0.923. The number of rotatable bonds is 6. The second-order valence-corrected chi connectivity index (χ2v) is 5.06. The maximum atomic E-state index is 11.8. The Balaban J connectivity index is 2.24. The Labute approximate surface area is 104 Å². The molecule has 4 nitrogen and oxygen atoms in total. The maximum absolute atomic E-state index is 11.8. The molecule has 2 unspecified atom stereocenters. The van der Waals surface area contributed by atoms with Crippen LogP contribution in [-0.4, -0.2) is 31.2 Å². The van der Waals surface area contributed by atoms with Crippen LogP contribution in [0.5, 0.6) is 0 Å². The minimum Gasteiger partial charge on any atom is -0.381 e. The number of hydrogen-bond donors (Lipinski definition) is 2. The minimum atomic E-state index is 0.00175. The van der Waals surface area contributed by atoms with Gasteiger partial charge in [0.15, 0.2) is 0 Å². The first kappa shape index (κ1) is 14.5. The highest BCUT2D eigenvalue weighted by atomic mass is 16.5. The molecule has 0 saturated carbocycles. The molecule has 17 heavy (non-hydrogen) atoms. The number of nitrogens with two attached hydrogens (primary N) is 1. The summed E-state index contributed by atoms with van der Waals surface area (Å²) in [6, 6.07) is 0.238. The summed E-state index contributed by atoms with van der Waals surface area (Å²) in [6.45, 7) is 5.81. The standard InChI is InChI=1S/C13H26N2O2/c1-3-4-12(14)9-13(16)15-10(2)11-5-7-17-8-6-11/h10-12H,3-9,14H2,1-2H3,(H,15,16). The van der Waals surface area contributed by atoms with Crippen LogP contribution < -0.4 is 11.1 Å². The lowest BCUT2D eigenvalue weighted by atomic mass is 9.93.